The maximum Gasteiger partial charge on any atom is 0.472 e. The smallest absolute Gasteiger partial charge is 0.462 e. The third-order valence-corrected chi connectivity index (χ3v) is 11.9. The number of carbonyl (C=O) groups excluding carboxylic acids is 2. The van der Waals surface area contributed by atoms with Crippen LogP contribution in [0.1, 0.15) is 194 Å². The molecule has 1 heterocycles. The van der Waals surface area contributed by atoms with Crippen molar-refractivity contribution in [3.63, 3.8) is 0 Å². The Morgan fingerprint density at radius 3 is 1.60 bits per heavy atom. The summed E-state index contributed by atoms with van der Waals surface area (Å²) in [5.41, 5.74) is 0. The molecule has 0 spiro atoms. The van der Waals surface area contributed by atoms with Crippen LogP contribution in [0.3, 0.4) is 0 Å². The number of hydrogen-bond acceptors (Lipinski definition) is 13. The number of aliphatic hydroxyl groups excluding tert-OH is 4. The van der Waals surface area contributed by atoms with Crippen LogP contribution in [-0.2, 0) is 37.4 Å². The van der Waals surface area contributed by atoms with Crippen molar-refractivity contribution in [1.29, 1.82) is 0 Å². The zero-order valence-electron chi connectivity index (χ0n) is 37.4. The van der Waals surface area contributed by atoms with E-state index in [1.54, 1.807) is 0 Å². The highest BCUT2D eigenvalue weighted by molar-refractivity contribution is 7.47. The molecule has 0 aromatic carbocycles. The Hall–Kier alpha value is -1.45. The van der Waals surface area contributed by atoms with Crippen LogP contribution in [0.4, 0.5) is 0 Å². The van der Waals surface area contributed by atoms with E-state index in [2.05, 4.69) is 31.3 Å². The normalized spacial score (nSPS) is 20.9. The van der Waals surface area contributed by atoms with Gasteiger partial charge in [-0.2, -0.15) is 0 Å². The first kappa shape index (κ1) is 56.6. The van der Waals surface area contributed by atoms with Crippen molar-refractivity contribution in [1.82, 2.24) is 5.32 Å². The first-order valence-electron chi connectivity index (χ1n) is 23.7. The summed E-state index contributed by atoms with van der Waals surface area (Å²) < 4.78 is 39.1. The predicted octanol–water partition coefficient (Wildman–Crippen LogP) is 8.48. The quantitative estimate of drug-likeness (QED) is 0.0147. The molecule has 0 radical (unpaired) electrons. The Labute approximate surface area is 362 Å². The number of phosphoric acid groups is 1. The van der Waals surface area contributed by atoms with Gasteiger partial charge in [0.2, 0.25) is 0 Å². The van der Waals surface area contributed by atoms with Gasteiger partial charge in [-0.25, -0.2) is 4.57 Å². The lowest BCUT2D eigenvalue weighted by atomic mass is 9.98. The largest absolute Gasteiger partial charge is 0.472 e. The molecule has 0 aliphatic carbocycles. The predicted molar refractivity (Wildman–Crippen MR) is 234 cm³/mol. The molecule has 6 N–H and O–H groups in total. The van der Waals surface area contributed by atoms with E-state index in [0.29, 0.717) is 12.8 Å². The fourth-order valence-corrected chi connectivity index (χ4v) is 7.84. The minimum Gasteiger partial charge on any atom is -0.462 e. The fraction of sp³-hybridized carbons (Fsp3) is 0.911. The number of hydrogen-bond donors (Lipinski definition) is 6. The average Bonchev–Trinajstić information content (AvgIpc) is 3.23. The molecule has 1 saturated heterocycles. The molecule has 0 aromatic heterocycles. The van der Waals surface area contributed by atoms with Gasteiger partial charge >= 0.3 is 19.8 Å². The lowest BCUT2D eigenvalue weighted by Crippen LogP contribution is -2.62. The molecule has 1 rings (SSSR count). The van der Waals surface area contributed by atoms with Crippen molar-refractivity contribution in [2.45, 2.75) is 230 Å². The number of carbonyl (C=O) groups is 2. The molecule has 14 nitrogen and oxygen atoms in total. The van der Waals surface area contributed by atoms with Crippen LogP contribution in [-0.4, -0.2) is 107 Å². The van der Waals surface area contributed by atoms with Crippen molar-refractivity contribution in [3.05, 3.63) is 12.2 Å². The number of unbranched alkanes of at least 4 members (excludes halogenated alkanes) is 23. The van der Waals surface area contributed by atoms with Gasteiger partial charge in [-0.15, -0.1) is 0 Å². The monoisotopic (exact) mass is 880 g/mol. The van der Waals surface area contributed by atoms with Crippen LogP contribution < -0.4 is 5.32 Å². The summed E-state index contributed by atoms with van der Waals surface area (Å²) in [5, 5.41) is 42.1. The molecule has 0 bridgehead atoms. The Bertz CT molecular complexity index is 1110. The van der Waals surface area contributed by atoms with Gasteiger partial charge < -0.3 is 39.5 Å². The molecular weight excluding hydrogens is 793 g/mol. The number of ether oxygens (including phenoxy) is 3. The zero-order valence-corrected chi connectivity index (χ0v) is 38.3. The molecule has 1 aliphatic heterocycles. The summed E-state index contributed by atoms with van der Waals surface area (Å²) in [7, 11) is -4.67. The molecular formula is C45H86NO13P. The lowest BCUT2D eigenvalue weighted by Gasteiger charge is -2.40. The van der Waals surface area contributed by atoms with E-state index in [9.17, 15) is 39.5 Å². The van der Waals surface area contributed by atoms with Crippen LogP contribution in [0.25, 0.3) is 0 Å². The third-order valence-electron chi connectivity index (χ3n) is 10.9. The Morgan fingerprint density at radius 2 is 1.10 bits per heavy atom. The molecule has 15 heteroatoms. The summed E-state index contributed by atoms with van der Waals surface area (Å²) >= 11 is 0. The summed E-state index contributed by atoms with van der Waals surface area (Å²) in [6, 6.07) is 0. The second kappa shape index (κ2) is 38.0. The van der Waals surface area contributed by atoms with E-state index in [1.165, 1.54) is 96.3 Å². The van der Waals surface area contributed by atoms with Crippen molar-refractivity contribution in [2.75, 3.05) is 33.0 Å². The molecule has 354 valence electrons. The molecule has 7 atom stereocenters. The summed E-state index contributed by atoms with van der Waals surface area (Å²) in [4.78, 5) is 35.6. The summed E-state index contributed by atoms with van der Waals surface area (Å²) in [5.74, 6) is -0.967. The molecule has 0 amide bonds. The standard InChI is InChI=1S/C45H86NO13P/c1-3-5-7-9-11-13-15-17-18-20-22-24-26-28-30-32-41(49)58-38(36-55-40(48)31-29-27-25-23-21-19-16-14-12-10-8-6-4-2)37-57-60(53,54)56-34-33-46-45-44(52)43(51)42(50)39(35-47)59-45/h17-18,38-39,42-47,50-52H,3-16,19-37H2,1-2H3,(H,53,54)/b18-17-/t38-,39-,42-,43+,44-,45-/m1/s1. The summed E-state index contributed by atoms with van der Waals surface area (Å²) in [6.45, 7) is 2.44. The average molecular weight is 880 g/mol. The zero-order chi connectivity index (χ0) is 44.1. The van der Waals surface area contributed by atoms with Crippen LogP contribution in [0.15, 0.2) is 12.2 Å². The number of aliphatic hydroxyl groups is 4. The molecule has 0 aromatic rings. The van der Waals surface area contributed by atoms with Gasteiger partial charge in [0.05, 0.1) is 19.8 Å². The van der Waals surface area contributed by atoms with Gasteiger partial charge in [-0.3, -0.25) is 24.0 Å². The van der Waals surface area contributed by atoms with Crippen LogP contribution in [0, 0.1) is 0 Å². The van der Waals surface area contributed by atoms with Crippen molar-refractivity contribution < 1.29 is 62.7 Å². The Morgan fingerprint density at radius 1 is 0.633 bits per heavy atom. The topological polar surface area (TPSA) is 211 Å². The fourth-order valence-electron chi connectivity index (χ4n) is 7.09. The highest BCUT2D eigenvalue weighted by Crippen LogP contribution is 2.43. The minimum atomic E-state index is -4.67. The number of nitrogens with one attached hydrogen (secondary N) is 1. The van der Waals surface area contributed by atoms with E-state index in [-0.39, 0.29) is 26.0 Å². The minimum absolute atomic E-state index is 0.137. The van der Waals surface area contributed by atoms with Crippen molar-refractivity contribution >= 4 is 19.8 Å². The van der Waals surface area contributed by atoms with E-state index >= 15 is 0 Å². The molecule has 1 unspecified atom stereocenters. The van der Waals surface area contributed by atoms with Gasteiger partial charge in [-0.05, 0) is 38.5 Å². The Kier molecular flexibility index (Phi) is 35.9. The Balaban J connectivity index is 2.44. The van der Waals surface area contributed by atoms with Crippen LogP contribution in [0.5, 0.6) is 0 Å². The molecule has 1 aliphatic rings. The number of allylic oxidation sites excluding steroid dienone is 2. The van der Waals surface area contributed by atoms with Gasteiger partial charge in [0.1, 0.15) is 37.3 Å². The maximum atomic E-state index is 12.8. The van der Waals surface area contributed by atoms with Gasteiger partial charge in [0.15, 0.2) is 6.10 Å². The number of rotatable bonds is 41. The summed E-state index contributed by atoms with van der Waals surface area (Å²) in [6.07, 6.45) is 27.0. The molecule has 0 saturated carbocycles. The number of esters is 2. The highest BCUT2D eigenvalue weighted by atomic mass is 31.2. The third kappa shape index (κ3) is 30.6. The second-order valence-electron chi connectivity index (χ2n) is 16.4. The van der Waals surface area contributed by atoms with Crippen molar-refractivity contribution in [3.8, 4) is 0 Å². The SMILES string of the molecule is CCCCCCCC/C=C\CCCCCCCC(=O)O[C@H](COC(=O)CCCCCCCCCCCCCCC)COP(=O)(O)OCCN[C@@H]1O[C@H](CO)[C@@H](O)[C@H](O)[C@H]1O. The van der Waals surface area contributed by atoms with Crippen molar-refractivity contribution in [2.24, 2.45) is 0 Å². The van der Waals surface area contributed by atoms with E-state index < -0.39 is 76.3 Å². The van der Waals surface area contributed by atoms with Crippen LogP contribution in [0.2, 0.25) is 0 Å². The van der Waals surface area contributed by atoms with Gasteiger partial charge in [0, 0.05) is 19.4 Å². The number of phosphoric ester groups is 1. The van der Waals surface area contributed by atoms with Gasteiger partial charge in [0.25, 0.3) is 0 Å². The van der Waals surface area contributed by atoms with E-state index in [0.717, 1.165) is 57.8 Å². The van der Waals surface area contributed by atoms with Crippen LogP contribution >= 0.6 is 7.82 Å². The van der Waals surface area contributed by atoms with Gasteiger partial charge in [-0.1, -0.05) is 154 Å². The highest BCUT2D eigenvalue weighted by Gasteiger charge is 2.43. The lowest BCUT2D eigenvalue weighted by molar-refractivity contribution is -0.236. The maximum absolute atomic E-state index is 12.8. The molecule has 1 fully saturated rings. The van der Waals surface area contributed by atoms with E-state index in [1.807, 2.05) is 0 Å². The first-order valence-corrected chi connectivity index (χ1v) is 25.2. The van der Waals surface area contributed by atoms with E-state index in [4.69, 9.17) is 23.3 Å². The first-order chi connectivity index (χ1) is 29.0. The molecule has 60 heavy (non-hydrogen) atoms. The second-order valence-corrected chi connectivity index (χ2v) is 17.9.